The van der Waals surface area contributed by atoms with Crippen LogP contribution in [0.2, 0.25) is 0 Å². The molecule has 5 N–H and O–H groups in total. The highest BCUT2D eigenvalue weighted by Gasteiger charge is 2.35. The summed E-state index contributed by atoms with van der Waals surface area (Å²) in [5.41, 5.74) is 7.36. The van der Waals surface area contributed by atoms with Crippen molar-refractivity contribution in [3.8, 4) is 0 Å². The van der Waals surface area contributed by atoms with Gasteiger partial charge in [0, 0.05) is 6.42 Å². The molecule has 162 valence electrons. The van der Waals surface area contributed by atoms with Crippen LogP contribution in [0.1, 0.15) is 24.0 Å². The zero-order chi connectivity index (χ0) is 22.2. The van der Waals surface area contributed by atoms with Crippen molar-refractivity contribution in [2.24, 2.45) is 5.73 Å². The third kappa shape index (κ3) is 6.40. The van der Waals surface area contributed by atoms with E-state index in [1.54, 1.807) is 0 Å². The molecule has 0 saturated carbocycles. The number of nitrogens with two attached hydrogens (primary N) is 1. The van der Waals surface area contributed by atoms with Gasteiger partial charge in [0.25, 0.3) is 0 Å². The molecule has 31 heavy (non-hydrogen) atoms. The van der Waals surface area contributed by atoms with Gasteiger partial charge in [-0.3, -0.25) is 19.2 Å². The van der Waals surface area contributed by atoms with E-state index in [4.69, 9.17) is 5.73 Å². The largest absolute Gasteiger partial charge is 0.368 e. The van der Waals surface area contributed by atoms with Gasteiger partial charge in [-0.05, 0) is 24.0 Å². The Balaban J connectivity index is 1.51. The minimum absolute atomic E-state index is 0.273. The zero-order valence-electron chi connectivity index (χ0n) is 17.0. The SMILES string of the molecule is NC(=O)[C@H](CCc1ccccc1)NC(=O)C[C@@H]1NC(=O)[C@H](Cc2ccccc2)NC1=O. The van der Waals surface area contributed by atoms with Crippen molar-refractivity contribution in [1.29, 1.82) is 0 Å². The summed E-state index contributed by atoms with van der Waals surface area (Å²) in [4.78, 5) is 49.0. The van der Waals surface area contributed by atoms with Crippen molar-refractivity contribution in [3.05, 3.63) is 71.8 Å². The molecule has 2 aromatic carbocycles. The summed E-state index contributed by atoms with van der Waals surface area (Å²) in [5, 5.41) is 7.85. The summed E-state index contributed by atoms with van der Waals surface area (Å²) in [7, 11) is 0. The van der Waals surface area contributed by atoms with Crippen LogP contribution in [0.15, 0.2) is 60.7 Å². The molecule has 8 nitrogen and oxygen atoms in total. The minimum atomic E-state index is -0.998. The van der Waals surface area contributed by atoms with E-state index in [0.717, 1.165) is 11.1 Å². The second-order valence-corrected chi connectivity index (χ2v) is 7.56. The number of piperazine rings is 1. The zero-order valence-corrected chi connectivity index (χ0v) is 17.0. The number of nitrogens with one attached hydrogen (secondary N) is 3. The summed E-state index contributed by atoms with van der Waals surface area (Å²) in [5.74, 6) is -1.96. The summed E-state index contributed by atoms with van der Waals surface area (Å²) in [6.07, 6.45) is 0.995. The molecule has 4 amide bonds. The molecule has 3 rings (SSSR count). The third-order valence-corrected chi connectivity index (χ3v) is 5.18. The molecule has 0 aromatic heterocycles. The first kappa shape index (κ1) is 22.0. The van der Waals surface area contributed by atoms with Gasteiger partial charge < -0.3 is 21.7 Å². The van der Waals surface area contributed by atoms with E-state index in [2.05, 4.69) is 16.0 Å². The highest BCUT2D eigenvalue weighted by Crippen LogP contribution is 2.09. The second-order valence-electron chi connectivity index (χ2n) is 7.56. The lowest BCUT2D eigenvalue weighted by molar-refractivity contribution is -0.138. The Morgan fingerprint density at radius 3 is 2.03 bits per heavy atom. The smallest absolute Gasteiger partial charge is 0.243 e. The molecule has 0 unspecified atom stereocenters. The molecule has 1 aliphatic heterocycles. The van der Waals surface area contributed by atoms with Gasteiger partial charge in [0.2, 0.25) is 23.6 Å². The predicted molar refractivity (Wildman–Crippen MR) is 115 cm³/mol. The number of aryl methyl sites for hydroxylation is 1. The molecule has 3 atom stereocenters. The number of rotatable bonds is 9. The van der Waals surface area contributed by atoms with E-state index in [1.165, 1.54) is 0 Å². The van der Waals surface area contributed by atoms with Gasteiger partial charge in [0.15, 0.2) is 0 Å². The van der Waals surface area contributed by atoms with Gasteiger partial charge in [0.05, 0.1) is 6.42 Å². The van der Waals surface area contributed by atoms with Crippen LogP contribution in [0, 0.1) is 0 Å². The van der Waals surface area contributed by atoms with Crippen molar-refractivity contribution < 1.29 is 19.2 Å². The number of hydrogen-bond acceptors (Lipinski definition) is 4. The maximum atomic E-state index is 12.4. The van der Waals surface area contributed by atoms with E-state index < -0.39 is 35.8 Å². The van der Waals surface area contributed by atoms with Gasteiger partial charge >= 0.3 is 0 Å². The second kappa shape index (κ2) is 10.4. The number of primary amides is 1. The number of benzene rings is 2. The molecule has 0 bridgehead atoms. The first-order valence-corrected chi connectivity index (χ1v) is 10.2. The third-order valence-electron chi connectivity index (χ3n) is 5.18. The quantitative estimate of drug-likeness (QED) is 0.460. The van der Waals surface area contributed by atoms with E-state index in [0.29, 0.717) is 19.3 Å². The van der Waals surface area contributed by atoms with Gasteiger partial charge in [-0.25, -0.2) is 0 Å². The lowest BCUT2D eigenvalue weighted by Gasteiger charge is -2.29. The van der Waals surface area contributed by atoms with Crippen LogP contribution in [0.5, 0.6) is 0 Å². The van der Waals surface area contributed by atoms with Gasteiger partial charge in [-0.2, -0.15) is 0 Å². The van der Waals surface area contributed by atoms with Crippen LogP contribution in [0.25, 0.3) is 0 Å². The number of hydrogen-bond donors (Lipinski definition) is 4. The monoisotopic (exact) mass is 422 g/mol. The van der Waals surface area contributed by atoms with Crippen LogP contribution in [0.4, 0.5) is 0 Å². The fourth-order valence-electron chi connectivity index (χ4n) is 3.49. The van der Waals surface area contributed by atoms with Crippen LogP contribution in [0.3, 0.4) is 0 Å². The molecule has 2 aromatic rings. The van der Waals surface area contributed by atoms with Gasteiger partial charge in [-0.15, -0.1) is 0 Å². The highest BCUT2D eigenvalue weighted by atomic mass is 16.2. The van der Waals surface area contributed by atoms with Crippen molar-refractivity contribution >= 4 is 23.6 Å². The molecular formula is C23H26N4O4. The number of amides is 4. The summed E-state index contributed by atoms with van der Waals surface area (Å²) in [6, 6.07) is 16.3. The Labute approximate surface area is 180 Å². The Hall–Kier alpha value is -3.68. The standard InChI is InChI=1S/C23H26N4O4/c24-21(29)17(12-11-15-7-3-1-4-8-15)25-20(28)14-19-23(31)26-18(22(30)27-19)13-16-9-5-2-6-10-16/h1-10,17-19H,11-14H2,(H2,24,29)(H,25,28)(H,26,31)(H,27,30)/t17-,18-,19-/m0/s1. The number of carbonyl (C=O) groups excluding carboxylic acids is 4. The first-order chi connectivity index (χ1) is 14.9. The van der Waals surface area contributed by atoms with Gasteiger partial charge in [-0.1, -0.05) is 60.7 Å². The van der Waals surface area contributed by atoms with Crippen molar-refractivity contribution in [2.75, 3.05) is 0 Å². The summed E-state index contributed by atoms with van der Waals surface area (Å²) in [6.45, 7) is 0. The average Bonchev–Trinajstić information content (AvgIpc) is 2.76. The lowest BCUT2D eigenvalue weighted by atomic mass is 10.0. The molecule has 0 radical (unpaired) electrons. The molecule has 1 aliphatic rings. The highest BCUT2D eigenvalue weighted by molar-refractivity contribution is 5.99. The van der Waals surface area contributed by atoms with Crippen LogP contribution >= 0.6 is 0 Å². The Morgan fingerprint density at radius 1 is 0.871 bits per heavy atom. The maximum Gasteiger partial charge on any atom is 0.243 e. The molecule has 0 aliphatic carbocycles. The molecule has 8 heteroatoms. The predicted octanol–water partition coefficient (Wildman–Crippen LogP) is 0.205. The van der Waals surface area contributed by atoms with E-state index in [-0.39, 0.29) is 12.3 Å². The van der Waals surface area contributed by atoms with E-state index >= 15 is 0 Å². The lowest BCUT2D eigenvalue weighted by Crippen LogP contribution is -2.63. The average molecular weight is 422 g/mol. The molecule has 1 heterocycles. The van der Waals surface area contributed by atoms with E-state index in [9.17, 15) is 19.2 Å². The Bertz CT molecular complexity index is 933. The maximum absolute atomic E-state index is 12.4. The van der Waals surface area contributed by atoms with Crippen LogP contribution in [-0.2, 0) is 32.0 Å². The summed E-state index contributed by atoms with van der Waals surface area (Å²) < 4.78 is 0. The van der Waals surface area contributed by atoms with E-state index in [1.807, 2.05) is 60.7 Å². The van der Waals surface area contributed by atoms with Crippen molar-refractivity contribution in [3.63, 3.8) is 0 Å². The fourth-order valence-corrected chi connectivity index (χ4v) is 3.49. The first-order valence-electron chi connectivity index (χ1n) is 10.2. The summed E-state index contributed by atoms with van der Waals surface area (Å²) >= 11 is 0. The topological polar surface area (TPSA) is 130 Å². The minimum Gasteiger partial charge on any atom is -0.368 e. The Kier molecular flexibility index (Phi) is 7.37. The van der Waals surface area contributed by atoms with Crippen LogP contribution < -0.4 is 21.7 Å². The normalized spacial score (nSPS) is 19.1. The van der Waals surface area contributed by atoms with Crippen LogP contribution in [-0.4, -0.2) is 41.8 Å². The van der Waals surface area contributed by atoms with Crippen molar-refractivity contribution in [2.45, 2.75) is 43.8 Å². The number of carbonyl (C=O) groups is 4. The molecule has 1 saturated heterocycles. The Morgan fingerprint density at radius 2 is 1.42 bits per heavy atom. The molecule has 1 fully saturated rings. The van der Waals surface area contributed by atoms with Crippen molar-refractivity contribution in [1.82, 2.24) is 16.0 Å². The fraction of sp³-hybridized carbons (Fsp3) is 0.304. The van der Waals surface area contributed by atoms with Gasteiger partial charge in [0.1, 0.15) is 18.1 Å². The molecular weight excluding hydrogens is 396 g/mol. The molecule has 0 spiro atoms.